The smallest absolute Gasteiger partial charge is 0.154 e. The van der Waals surface area contributed by atoms with Crippen molar-refractivity contribution >= 4 is 9.84 Å². The van der Waals surface area contributed by atoms with Crippen molar-refractivity contribution in [3.63, 3.8) is 0 Å². The standard InChI is InChI=1S/C9H17NO2S/c1-9(2)7(10)6-4-3-5-13(11,12)8(6)9/h6-8H,3-5,10H2,1-2H3/t6-,7+,8+/m0/s1. The van der Waals surface area contributed by atoms with Crippen molar-refractivity contribution in [2.45, 2.75) is 38.0 Å². The maximum Gasteiger partial charge on any atom is 0.154 e. The summed E-state index contributed by atoms with van der Waals surface area (Å²) in [6.45, 7) is 3.95. The van der Waals surface area contributed by atoms with Crippen molar-refractivity contribution in [1.29, 1.82) is 0 Å². The maximum atomic E-state index is 11.7. The van der Waals surface area contributed by atoms with Crippen LogP contribution in [0.25, 0.3) is 0 Å². The van der Waals surface area contributed by atoms with Gasteiger partial charge >= 0.3 is 0 Å². The van der Waals surface area contributed by atoms with Gasteiger partial charge in [0.05, 0.1) is 11.0 Å². The Balaban J connectivity index is 2.35. The predicted molar refractivity (Wildman–Crippen MR) is 52.1 cm³/mol. The molecule has 1 aliphatic carbocycles. The number of sulfone groups is 1. The van der Waals surface area contributed by atoms with Gasteiger partial charge in [0.2, 0.25) is 0 Å². The van der Waals surface area contributed by atoms with Crippen molar-refractivity contribution in [2.24, 2.45) is 17.1 Å². The molecule has 13 heavy (non-hydrogen) atoms. The molecule has 1 heterocycles. The van der Waals surface area contributed by atoms with Gasteiger partial charge in [-0.05, 0) is 24.2 Å². The zero-order valence-electron chi connectivity index (χ0n) is 8.16. The average molecular weight is 203 g/mol. The zero-order chi connectivity index (χ0) is 9.85. The minimum Gasteiger partial charge on any atom is -0.327 e. The van der Waals surface area contributed by atoms with Gasteiger partial charge in [-0.15, -0.1) is 0 Å². The van der Waals surface area contributed by atoms with E-state index in [-0.39, 0.29) is 22.6 Å². The van der Waals surface area contributed by atoms with E-state index in [1.54, 1.807) is 0 Å². The molecule has 3 nitrogen and oxygen atoms in total. The van der Waals surface area contributed by atoms with E-state index in [1.165, 1.54) is 0 Å². The molecule has 2 N–H and O–H groups in total. The molecule has 4 heteroatoms. The van der Waals surface area contributed by atoms with E-state index >= 15 is 0 Å². The summed E-state index contributed by atoms with van der Waals surface area (Å²) < 4.78 is 23.5. The molecule has 3 atom stereocenters. The van der Waals surface area contributed by atoms with Gasteiger partial charge in [0.25, 0.3) is 0 Å². The highest BCUT2D eigenvalue weighted by atomic mass is 32.2. The fourth-order valence-electron chi connectivity index (χ4n) is 3.07. The summed E-state index contributed by atoms with van der Waals surface area (Å²) in [6.07, 6.45) is 1.79. The molecule has 0 unspecified atom stereocenters. The minimum absolute atomic E-state index is 0.0765. The molecule has 0 bridgehead atoms. The van der Waals surface area contributed by atoms with Crippen molar-refractivity contribution < 1.29 is 8.42 Å². The lowest BCUT2D eigenvalue weighted by Gasteiger charge is -2.58. The molecule has 76 valence electrons. The Morgan fingerprint density at radius 3 is 2.54 bits per heavy atom. The van der Waals surface area contributed by atoms with E-state index in [4.69, 9.17) is 5.73 Å². The van der Waals surface area contributed by atoms with E-state index in [2.05, 4.69) is 0 Å². The van der Waals surface area contributed by atoms with Gasteiger partial charge < -0.3 is 5.73 Å². The molecule has 0 amide bonds. The van der Waals surface area contributed by atoms with E-state index in [0.717, 1.165) is 12.8 Å². The van der Waals surface area contributed by atoms with Crippen LogP contribution >= 0.6 is 0 Å². The van der Waals surface area contributed by atoms with Crippen LogP contribution in [0.3, 0.4) is 0 Å². The number of nitrogens with two attached hydrogens (primary N) is 1. The molecule has 0 aromatic rings. The maximum absolute atomic E-state index is 11.7. The summed E-state index contributed by atoms with van der Waals surface area (Å²) in [5.74, 6) is 0.596. The molecule has 1 saturated heterocycles. The highest BCUT2D eigenvalue weighted by Crippen LogP contribution is 2.52. The molecule has 1 aliphatic heterocycles. The average Bonchev–Trinajstić information content (AvgIpc) is 2.01. The molecule has 2 aliphatic rings. The van der Waals surface area contributed by atoms with Crippen LogP contribution in [0.5, 0.6) is 0 Å². The fourth-order valence-corrected chi connectivity index (χ4v) is 5.81. The summed E-state index contributed by atoms with van der Waals surface area (Å²) in [5, 5.41) is -0.163. The van der Waals surface area contributed by atoms with Gasteiger partial charge in [0, 0.05) is 6.04 Å². The number of hydrogen-bond acceptors (Lipinski definition) is 3. The van der Waals surface area contributed by atoms with Crippen LogP contribution in [-0.2, 0) is 9.84 Å². The molecule has 2 rings (SSSR count). The Labute approximate surface area is 79.6 Å². The fraction of sp³-hybridized carbons (Fsp3) is 1.00. The topological polar surface area (TPSA) is 60.2 Å². The van der Waals surface area contributed by atoms with Gasteiger partial charge in [-0.25, -0.2) is 8.42 Å². The molecule has 0 aromatic heterocycles. The lowest BCUT2D eigenvalue weighted by atomic mass is 9.58. The van der Waals surface area contributed by atoms with Gasteiger partial charge in [-0.3, -0.25) is 0 Å². The molecule has 0 aromatic carbocycles. The highest BCUT2D eigenvalue weighted by molar-refractivity contribution is 7.92. The highest BCUT2D eigenvalue weighted by Gasteiger charge is 2.61. The number of rotatable bonds is 0. The van der Waals surface area contributed by atoms with Gasteiger partial charge in [0.15, 0.2) is 9.84 Å². The second-order valence-electron chi connectivity index (χ2n) is 4.94. The summed E-state index contributed by atoms with van der Waals surface area (Å²) >= 11 is 0. The zero-order valence-corrected chi connectivity index (χ0v) is 8.97. The lowest BCUT2D eigenvalue weighted by Crippen LogP contribution is -2.69. The first kappa shape index (κ1) is 9.46. The van der Waals surface area contributed by atoms with Crippen molar-refractivity contribution in [3.8, 4) is 0 Å². The van der Waals surface area contributed by atoms with Crippen molar-refractivity contribution in [1.82, 2.24) is 0 Å². The summed E-state index contributed by atoms with van der Waals surface area (Å²) in [4.78, 5) is 0. The minimum atomic E-state index is -2.84. The van der Waals surface area contributed by atoms with Crippen molar-refractivity contribution in [2.75, 3.05) is 5.75 Å². The third-order valence-corrected chi connectivity index (χ3v) is 6.38. The largest absolute Gasteiger partial charge is 0.327 e. The van der Waals surface area contributed by atoms with E-state index < -0.39 is 9.84 Å². The Morgan fingerprint density at radius 1 is 1.38 bits per heavy atom. The molecule has 1 saturated carbocycles. The third kappa shape index (κ3) is 1.08. The van der Waals surface area contributed by atoms with Crippen LogP contribution in [-0.4, -0.2) is 25.5 Å². The van der Waals surface area contributed by atoms with Gasteiger partial charge in [-0.2, -0.15) is 0 Å². The second kappa shape index (κ2) is 2.48. The van der Waals surface area contributed by atoms with Gasteiger partial charge in [-0.1, -0.05) is 13.8 Å². The van der Waals surface area contributed by atoms with E-state index in [0.29, 0.717) is 5.75 Å². The van der Waals surface area contributed by atoms with Crippen molar-refractivity contribution in [3.05, 3.63) is 0 Å². The second-order valence-corrected chi connectivity index (χ2v) is 7.18. The summed E-state index contributed by atoms with van der Waals surface area (Å²) in [6, 6.07) is 0.0765. The number of hydrogen-bond donors (Lipinski definition) is 1. The van der Waals surface area contributed by atoms with Crippen LogP contribution in [0.15, 0.2) is 0 Å². The monoisotopic (exact) mass is 203 g/mol. The Hall–Kier alpha value is -0.0900. The molecular formula is C9H17NO2S. The Kier molecular flexibility index (Phi) is 1.81. The first-order valence-corrected chi connectivity index (χ1v) is 6.56. The first-order chi connectivity index (χ1) is 5.87. The third-order valence-electron chi connectivity index (χ3n) is 3.80. The summed E-state index contributed by atoms with van der Waals surface area (Å²) in [5.41, 5.74) is 5.76. The van der Waals surface area contributed by atoms with Gasteiger partial charge in [0.1, 0.15) is 0 Å². The quantitative estimate of drug-likeness (QED) is 0.625. The van der Waals surface area contributed by atoms with E-state index in [9.17, 15) is 8.42 Å². The summed E-state index contributed by atoms with van der Waals surface area (Å²) in [7, 11) is -2.84. The molecule has 0 radical (unpaired) electrons. The molecule has 0 spiro atoms. The predicted octanol–water partition coefficient (Wildman–Crippen LogP) is 0.547. The van der Waals surface area contributed by atoms with Crippen LogP contribution in [0.1, 0.15) is 26.7 Å². The van der Waals surface area contributed by atoms with Crippen LogP contribution in [0.2, 0.25) is 0 Å². The van der Waals surface area contributed by atoms with Crippen LogP contribution < -0.4 is 5.73 Å². The lowest BCUT2D eigenvalue weighted by molar-refractivity contribution is 0.0506. The van der Waals surface area contributed by atoms with Crippen LogP contribution in [0.4, 0.5) is 0 Å². The van der Waals surface area contributed by atoms with Crippen LogP contribution in [0, 0.1) is 11.3 Å². The Bertz CT molecular complexity index is 321. The first-order valence-electron chi connectivity index (χ1n) is 4.84. The Morgan fingerprint density at radius 2 is 2.00 bits per heavy atom. The van der Waals surface area contributed by atoms with E-state index in [1.807, 2.05) is 13.8 Å². The normalized spacial score (nSPS) is 46.2. The SMILES string of the molecule is CC1(C)[C@H](N)[C@@H]2CCCS(=O)(=O)[C@H]21. The molecule has 2 fully saturated rings. The molecular weight excluding hydrogens is 186 g/mol. The number of fused-ring (bicyclic) bond motifs is 1.